The van der Waals surface area contributed by atoms with Gasteiger partial charge in [-0.15, -0.1) is 0 Å². The van der Waals surface area contributed by atoms with Crippen molar-refractivity contribution in [3.8, 4) is 0 Å². The van der Waals surface area contributed by atoms with E-state index in [2.05, 4.69) is 34.8 Å². The van der Waals surface area contributed by atoms with Crippen molar-refractivity contribution in [2.45, 2.75) is 39.4 Å². The number of aliphatic hydroxyl groups is 1. The zero-order chi connectivity index (χ0) is 17.8. The average molecular weight is 342 g/mol. The molecule has 2 heterocycles. The molecular weight excluding hydrogens is 316 g/mol. The van der Waals surface area contributed by atoms with Gasteiger partial charge >= 0.3 is 6.03 Å². The number of carbonyl (C=O) groups is 1. The van der Waals surface area contributed by atoms with Gasteiger partial charge in [0.25, 0.3) is 0 Å². The first kappa shape index (κ1) is 17.5. The van der Waals surface area contributed by atoms with Crippen LogP contribution in [-0.4, -0.2) is 38.7 Å². The Morgan fingerprint density at radius 3 is 2.96 bits per heavy atom. The highest BCUT2D eigenvalue weighted by Gasteiger charge is 2.30. The number of aromatic nitrogens is 2. The summed E-state index contributed by atoms with van der Waals surface area (Å²) in [5.74, 6) is 1.36. The number of aliphatic hydroxyl groups excluding tert-OH is 1. The van der Waals surface area contributed by atoms with Crippen LogP contribution in [0.1, 0.15) is 36.8 Å². The summed E-state index contributed by atoms with van der Waals surface area (Å²) in [6.07, 6.45) is 4.51. The van der Waals surface area contributed by atoms with E-state index in [1.807, 2.05) is 24.4 Å². The number of hydrogen-bond donors (Lipinski definition) is 2. The molecule has 1 aliphatic heterocycles. The summed E-state index contributed by atoms with van der Waals surface area (Å²) in [6.45, 7) is 6.09. The highest BCUT2D eigenvalue weighted by atomic mass is 16.3. The van der Waals surface area contributed by atoms with Crippen molar-refractivity contribution in [2.75, 3.05) is 13.2 Å². The van der Waals surface area contributed by atoms with Gasteiger partial charge in [0.1, 0.15) is 5.82 Å². The molecule has 1 aromatic carbocycles. The predicted molar refractivity (Wildman–Crippen MR) is 96.0 cm³/mol. The first-order valence-corrected chi connectivity index (χ1v) is 8.83. The van der Waals surface area contributed by atoms with Gasteiger partial charge in [0.15, 0.2) is 0 Å². The maximum atomic E-state index is 12.7. The molecule has 25 heavy (non-hydrogen) atoms. The van der Waals surface area contributed by atoms with Gasteiger partial charge < -0.3 is 19.9 Å². The fourth-order valence-electron chi connectivity index (χ4n) is 3.41. The fraction of sp³-hybridized carbons (Fsp3) is 0.474. The molecule has 0 unspecified atom stereocenters. The zero-order valence-corrected chi connectivity index (χ0v) is 14.9. The minimum atomic E-state index is -0.291. The molecule has 6 nitrogen and oxygen atoms in total. The maximum Gasteiger partial charge on any atom is 0.318 e. The number of carbonyl (C=O) groups excluding carboxylic acids is 1. The number of nitrogens with zero attached hydrogens (tertiary/aromatic N) is 3. The monoisotopic (exact) mass is 342 g/mol. The van der Waals surface area contributed by atoms with E-state index in [0.717, 1.165) is 24.4 Å². The third-order valence-corrected chi connectivity index (χ3v) is 4.61. The molecule has 0 saturated carbocycles. The van der Waals surface area contributed by atoms with E-state index in [4.69, 9.17) is 0 Å². The first-order chi connectivity index (χ1) is 12.1. The van der Waals surface area contributed by atoms with Crippen molar-refractivity contribution in [1.82, 2.24) is 19.8 Å². The van der Waals surface area contributed by atoms with Gasteiger partial charge in [-0.2, -0.15) is 0 Å². The Labute approximate surface area is 148 Å². The molecule has 1 aromatic heterocycles. The molecule has 2 N–H and O–H groups in total. The van der Waals surface area contributed by atoms with Crippen LogP contribution >= 0.6 is 0 Å². The van der Waals surface area contributed by atoms with Gasteiger partial charge in [-0.3, -0.25) is 0 Å². The average Bonchev–Trinajstić information content (AvgIpc) is 3.04. The summed E-state index contributed by atoms with van der Waals surface area (Å²) in [6, 6.07) is 7.55. The van der Waals surface area contributed by atoms with Crippen LogP contribution in [0.3, 0.4) is 0 Å². The lowest BCUT2D eigenvalue weighted by Gasteiger charge is -2.36. The lowest BCUT2D eigenvalue weighted by molar-refractivity contribution is 0.126. The van der Waals surface area contributed by atoms with Crippen LogP contribution in [0.2, 0.25) is 0 Å². The minimum Gasteiger partial charge on any atom is -0.394 e. The van der Waals surface area contributed by atoms with Gasteiger partial charge in [-0.25, -0.2) is 9.78 Å². The number of urea groups is 1. The molecule has 2 aromatic rings. The van der Waals surface area contributed by atoms with E-state index >= 15 is 0 Å². The molecule has 0 fully saturated rings. The number of hydrogen-bond acceptors (Lipinski definition) is 3. The third kappa shape index (κ3) is 3.85. The summed E-state index contributed by atoms with van der Waals surface area (Å²) >= 11 is 0. The van der Waals surface area contributed by atoms with Crippen molar-refractivity contribution in [3.63, 3.8) is 0 Å². The molecule has 1 aliphatic rings. The second kappa shape index (κ2) is 7.70. The SMILES string of the molecule is CC(C)Cn1ccnc1CNC(=O)N1CCc2ccccc2[C@H]1CO. The molecule has 2 amide bonds. The minimum absolute atomic E-state index is 0.0770. The topological polar surface area (TPSA) is 70.4 Å². The van der Waals surface area contributed by atoms with Gasteiger partial charge in [0.2, 0.25) is 0 Å². The molecule has 134 valence electrons. The van der Waals surface area contributed by atoms with Crippen LogP contribution in [0.25, 0.3) is 0 Å². The number of fused-ring (bicyclic) bond motifs is 1. The number of amides is 2. The Morgan fingerprint density at radius 1 is 1.40 bits per heavy atom. The van der Waals surface area contributed by atoms with E-state index in [9.17, 15) is 9.90 Å². The quantitative estimate of drug-likeness (QED) is 0.876. The maximum absolute atomic E-state index is 12.7. The number of rotatable bonds is 5. The van der Waals surface area contributed by atoms with Crippen LogP contribution in [0.4, 0.5) is 4.79 Å². The van der Waals surface area contributed by atoms with E-state index in [0.29, 0.717) is 19.0 Å². The normalized spacial score (nSPS) is 16.8. The summed E-state index contributed by atoms with van der Waals surface area (Å²) in [7, 11) is 0. The smallest absolute Gasteiger partial charge is 0.318 e. The largest absolute Gasteiger partial charge is 0.394 e. The highest BCUT2D eigenvalue weighted by molar-refractivity contribution is 5.75. The van der Waals surface area contributed by atoms with E-state index < -0.39 is 0 Å². The second-order valence-corrected chi connectivity index (χ2v) is 6.89. The lowest BCUT2D eigenvalue weighted by Crippen LogP contribution is -2.46. The van der Waals surface area contributed by atoms with Crippen LogP contribution in [0.15, 0.2) is 36.7 Å². The molecular formula is C19H26N4O2. The number of imidazole rings is 1. The summed E-state index contributed by atoms with van der Waals surface area (Å²) < 4.78 is 2.07. The summed E-state index contributed by atoms with van der Waals surface area (Å²) in [5.41, 5.74) is 2.24. The Hall–Kier alpha value is -2.34. The van der Waals surface area contributed by atoms with Crippen LogP contribution in [0, 0.1) is 5.92 Å². The Kier molecular flexibility index (Phi) is 5.38. The van der Waals surface area contributed by atoms with Crippen molar-refractivity contribution in [3.05, 3.63) is 53.6 Å². The van der Waals surface area contributed by atoms with E-state index in [1.54, 1.807) is 11.1 Å². The van der Waals surface area contributed by atoms with Gasteiger partial charge in [0, 0.05) is 25.5 Å². The molecule has 0 aliphatic carbocycles. The summed E-state index contributed by atoms with van der Waals surface area (Å²) in [5, 5.41) is 12.8. The van der Waals surface area contributed by atoms with Crippen LogP contribution < -0.4 is 5.32 Å². The summed E-state index contributed by atoms with van der Waals surface area (Å²) in [4.78, 5) is 18.7. The van der Waals surface area contributed by atoms with Crippen molar-refractivity contribution < 1.29 is 9.90 Å². The Bertz CT molecular complexity index is 726. The Balaban J connectivity index is 1.67. The van der Waals surface area contributed by atoms with Crippen molar-refractivity contribution in [2.24, 2.45) is 5.92 Å². The van der Waals surface area contributed by atoms with Crippen molar-refractivity contribution in [1.29, 1.82) is 0 Å². The zero-order valence-electron chi connectivity index (χ0n) is 14.9. The van der Waals surface area contributed by atoms with Crippen LogP contribution in [0.5, 0.6) is 0 Å². The van der Waals surface area contributed by atoms with Crippen LogP contribution in [-0.2, 0) is 19.5 Å². The van der Waals surface area contributed by atoms with Gasteiger partial charge in [0.05, 0.1) is 19.2 Å². The van der Waals surface area contributed by atoms with Gasteiger partial charge in [-0.1, -0.05) is 38.1 Å². The Morgan fingerprint density at radius 2 is 2.20 bits per heavy atom. The molecule has 6 heteroatoms. The second-order valence-electron chi connectivity index (χ2n) is 6.89. The molecule has 0 saturated heterocycles. The number of nitrogens with one attached hydrogen (secondary N) is 1. The first-order valence-electron chi connectivity index (χ1n) is 8.83. The lowest BCUT2D eigenvalue weighted by atomic mass is 9.93. The predicted octanol–water partition coefficient (Wildman–Crippen LogP) is 2.34. The molecule has 0 radical (unpaired) electrons. The van der Waals surface area contributed by atoms with E-state index in [1.165, 1.54) is 5.56 Å². The molecule has 1 atom stereocenters. The van der Waals surface area contributed by atoms with E-state index in [-0.39, 0.29) is 18.7 Å². The standard InChI is InChI=1S/C19H26N4O2/c1-14(2)12-22-10-8-20-18(22)11-21-19(25)23-9-7-15-5-3-4-6-16(15)17(23)13-24/h3-6,8,10,14,17,24H,7,9,11-13H2,1-2H3,(H,21,25)/t17-/m1/s1. The molecule has 0 spiro atoms. The molecule has 3 rings (SSSR count). The third-order valence-electron chi connectivity index (χ3n) is 4.61. The van der Waals surface area contributed by atoms with Crippen molar-refractivity contribution >= 4 is 6.03 Å². The van der Waals surface area contributed by atoms with Gasteiger partial charge in [-0.05, 0) is 23.5 Å². The highest BCUT2D eigenvalue weighted by Crippen LogP contribution is 2.29. The number of benzene rings is 1. The molecule has 0 bridgehead atoms. The fourth-order valence-corrected chi connectivity index (χ4v) is 3.41.